The van der Waals surface area contributed by atoms with Crippen LogP contribution in [0.2, 0.25) is 0 Å². The maximum atomic E-state index is 14.1. The highest BCUT2D eigenvalue weighted by Crippen LogP contribution is 2.37. The fraction of sp³-hybridized carbons (Fsp3) is 0.0714. The molecule has 0 aliphatic carbocycles. The number of thioether (sulfide) groups is 1. The van der Waals surface area contributed by atoms with Crippen molar-refractivity contribution in [3.63, 3.8) is 0 Å². The van der Waals surface area contributed by atoms with E-state index < -0.39 is 0 Å². The summed E-state index contributed by atoms with van der Waals surface area (Å²) in [4.78, 5) is 27.3. The second kappa shape index (κ2) is 9.53. The summed E-state index contributed by atoms with van der Waals surface area (Å²) in [5, 5.41) is 1.54. The summed E-state index contributed by atoms with van der Waals surface area (Å²) in [5.74, 6) is -0.171. The largest absolute Gasteiger partial charge is 0.488 e. The predicted octanol–water partition coefficient (Wildman–Crippen LogP) is 6.79. The summed E-state index contributed by atoms with van der Waals surface area (Å²) in [6.45, 7) is 0.260. The van der Waals surface area contributed by atoms with Gasteiger partial charge in [0.25, 0.3) is 11.1 Å². The third-order valence-electron chi connectivity index (χ3n) is 5.60. The van der Waals surface area contributed by atoms with Crippen molar-refractivity contribution in [2.75, 3.05) is 0 Å². The Kier molecular flexibility index (Phi) is 6.14. The lowest BCUT2D eigenvalue weighted by molar-refractivity contribution is -0.123. The Balaban J connectivity index is 1.49. The Bertz CT molecular complexity index is 1420. The molecule has 0 bridgehead atoms. The Morgan fingerprint density at radius 3 is 2.41 bits per heavy atom. The van der Waals surface area contributed by atoms with E-state index in [-0.39, 0.29) is 30.1 Å². The van der Waals surface area contributed by atoms with E-state index in [0.717, 1.165) is 28.1 Å². The first-order valence-corrected chi connectivity index (χ1v) is 11.6. The van der Waals surface area contributed by atoms with Gasteiger partial charge in [-0.25, -0.2) is 4.39 Å². The first-order chi connectivity index (χ1) is 16.6. The van der Waals surface area contributed by atoms with Crippen molar-refractivity contribution in [2.45, 2.75) is 13.2 Å². The maximum absolute atomic E-state index is 14.1. The second-order valence-electron chi connectivity index (χ2n) is 7.83. The standard InChI is InChI=1S/C28H20FNO3S/c29-24-13-7-5-11-21(24)18-33-25-15-14-20-10-4-6-12-22(20)23(25)16-26-27(31)30(28(32)34-26)17-19-8-2-1-3-9-19/h1-16H,17-18H2/b26-16-. The zero-order valence-corrected chi connectivity index (χ0v) is 18.9. The molecule has 0 unspecified atom stereocenters. The van der Waals surface area contributed by atoms with Crippen LogP contribution in [0.3, 0.4) is 0 Å². The number of carbonyl (C=O) groups excluding carboxylic acids is 2. The minimum absolute atomic E-state index is 0.0430. The minimum atomic E-state index is -0.341. The van der Waals surface area contributed by atoms with Crippen LogP contribution in [-0.2, 0) is 17.9 Å². The van der Waals surface area contributed by atoms with Crippen molar-refractivity contribution >= 4 is 39.8 Å². The highest BCUT2D eigenvalue weighted by atomic mass is 32.2. The zero-order chi connectivity index (χ0) is 23.5. The molecular weight excluding hydrogens is 449 g/mol. The van der Waals surface area contributed by atoms with Crippen LogP contribution >= 0.6 is 11.8 Å². The fourth-order valence-electron chi connectivity index (χ4n) is 3.85. The Morgan fingerprint density at radius 2 is 1.59 bits per heavy atom. The molecule has 1 saturated heterocycles. The van der Waals surface area contributed by atoms with Gasteiger partial charge in [-0.3, -0.25) is 14.5 Å². The van der Waals surface area contributed by atoms with E-state index in [1.54, 1.807) is 24.3 Å². The predicted molar refractivity (Wildman–Crippen MR) is 133 cm³/mol. The molecule has 4 aromatic rings. The first kappa shape index (κ1) is 21.9. The Morgan fingerprint density at radius 1 is 0.853 bits per heavy atom. The van der Waals surface area contributed by atoms with Crippen molar-refractivity contribution in [2.24, 2.45) is 0 Å². The van der Waals surface area contributed by atoms with Crippen LogP contribution in [0.25, 0.3) is 16.8 Å². The number of ether oxygens (including phenoxy) is 1. The SMILES string of the molecule is O=C1S/C(=C\c2c(OCc3ccccc3F)ccc3ccccc23)C(=O)N1Cc1ccccc1. The van der Waals surface area contributed by atoms with E-state index in [1.807, 2.05) is 66.7 Å². The molecule has 4 nitrogen and oxygen atoms in total. The van der Waals surface area contributed by atoms with Gasteiger partial charge in [-0.1, -0.05) is 78.9 Å². The lowest BCUT2D eigenvalue weighted by Crippen LogP contribution is -2.27. The average molecular weight is 470 g/mol. The van der Waals surface area contributed by atoms with Gasteiger partial charge in [-0.15, -0.1) is 0 Å². The quantitative estimate of drug-likeness (QED) is 0.292. The molecule has 1 fully saturated rings. The lowest BCUT2D eigenvalue weighted by Gasteiger charge is -2.14. The molecule has 1 aliphatic rings. The van der Waals surface area contributed by atoms with Gasteiger partial charge in [0, 0.05) is 11.1 Å². The van der Waals surface area contributed by atoms with Gasteiger partial charge in [0.05, 0.1) is 11.4 Å². The number of imide groups is 1. The molecule has 1 aliphatic heterocycles. The molecule has 0 N–H and O–H groups in total. The molecule has 0 radical (unpaired) electrons. The average Bonchev–Trinajstić information content (AvgIpc) is 3.12. The Hall–Kier alpha value is -3.90. The summed E-state index contributed by atoms with van der Waals surface area (Å²) < 4.78 is 20.1. The molecule has 0 aromatic heterocycles. The fourth-order valence-corrected chi connectivity index (χ4v) is 4.67. The molecule has 34 heavy (non-hydrogen) atoms. The number of nitrogens with zero attached hydrogens (tertiary/aromatic N) is 1. The van der Waals surface area contributed by atoms with E-state index in [0.29, 0.717) is 21.8 Å². The number of hydrogen-bond acceptors (Lipinski definition) is 4. The Labute approximate surface area is 200 Å². The normalized spacial score (nSPS) is 14.9. The van der Waals surface area contributed by atoms with Gasteiger partial charge >= 0.3 is 0 Å². The molecule has 0 atom stereocenters. The summed E-state index contributed by atoms with van der Waals surface area (Å²) in [7, 11) is 0. The van der Waals surface area contributed by atoms with E-state index in [4.69, 9.17) is 4.74 Å². The van der Waals surface area contributed by atoms with Crippen molar-refractivity contribution in [3.8, 4) is 5.75 Å². The summed E-state index contributed by atoms with van der Waals surface area (Å²) in [5.41, 5.74) is 1.99. The summed E-state index contributed by atoms with van der Waals surface area (Å²) in [6, 6.07) is 27.3. The third kappa shape index (κ3) is 4.45. The summed E-state index contributed by atoms with van der Waals surface area (Å²) in [6.07, 6.45) is 1.70. The second-order valence-corrected chi connectivity index (χ2v) is 8.83. The van der Waals surface area contributed by atoms with E-state index in [1.165, 1.54) is 11.0 Å². The molecule has 4 aromatic carbocycles. The molecular formula is C28H20FNO3S. The molecule has 0 saturated carbocycles. The van der Waals surface area contributed by atoms with Gasteiger partial charge < -0.3 is 4.74 Å². The van der Waals surface area contributed by atoms with E-state index in [2.05, 4.69) is 0 Å². The monoisotopic (exact) mass is 469 g/mol. The molecule has 5 rings (SSSR count). The van der Waals surface area contributed by atoms with Gasteiger partial charge in [0.2, 0.25) is 0 Å². The first-order valence-electron chi connectivity index (χ1n) is 10.8. The number of benzene rings is 4. The lowest BCUT2D eigenvalue weighted by atomic mass is 10.0. The zero-order valence-electron chi connectivity index (χ0n) is 18.1. The number of amides is 2. The van der Waals surface area contributed by atoms with Crippen LogP contribution in [0.5, 0.6) is 5.75 Å². The summed E-state index contributed by atoms with van der Waals surface area (Å²) >= 11 is 0.913. The van der Waals surface area contributed by atoms with Crippen molar-refractivity contribution < 1.29 is 18.7 Å². The molecule has 1 heterocycles. The van der Waals surface area contributed by atoms with Crippen molar-refractivity contribution in [1.29, 1.82) is 0 Å². The van der Waals surface area contributed by atoms with E-state index >= 15 is 0 Å². The van der Waals surface area contributed by atoms with Crippen molar-refractivity contribution in [3.05, 3.63) is 118 Å². The topological polar surface area (TPSA) is 46.6 Å². The van der Waals surface area contributed by atoms with Crippen LogP contribution in [0.15, 0.2) is 95.9 Å². The number of hydrogen-bond donors (Lipinski definition) is 0. The van der Waals surface area contributed by atoms with Gasteiger partial charge in [0.1, 0.15) is 18.2 Å². The van der Waals surface area contributed by atoms with Crippen LogP contribution < -0.4 is 4.74 Å². The van der Waals surface area contributed by atoms with E-state index in [9.17, 15) is 14.0 Å². The molecule has 168 valence electrons. The molecule has 6 heteroatoms. The molecule has 2 amide bonds. The third-order valence-corrected chi connectivity index (χ3v) is 6.51. The number of halogens is 1. The van der Waals surface area contributed by atoms with Crippen LogP contribution in [0.4, 0.5) is 9.18 Å². The van der Waals surface area contributed by atoms with Gasteiger partial charge in [-0.2, -0.15) is 0 Å². The number of rotatable bonds is 6. The van der Waals surface area contributed by atoms with Gasteiger partial charge in [-0.05, 0) is 46.3 Å². The van der Waals surface area contributed by atoms with Crippen LogP contribution in [-0.4, -0.2) is 16.0 Å². The maximum Gasteiger partial charge on any atom is 0.293 e. The van der Waals surface area contributed by atoms with Crippen LogP contribution in [0, 0.1) is 5.82 Å². The minimum Gasteiger partial charge on any atom is -0.488 e. The molecule has 0 spiro atoms. The highest BCUT2D eigenvalue weighted by Gasteiger charge is 2.35. The highest BCUT2D eigenvalue weighted by molar-refractivity contribution is 8.18. The van der Waals surface area contributed by atoms with Crippen molar-refractivity contribution in [1.82, 2.24) is 4.90 Å². The van der Waals surface area contributed by atoms with Gasteiger partial charge in [0.15, 0.2) is 0 Å². The number of fused-ring (bicyclic) bond motifs is 1. The van der Waals surface area contributed by atoms with Crippen LogP contribution in [0.1, 0.15) is 16.7 Å². The smallest absolute Gasteiger partial charge is 0.293 e. The number of carbonyl (C=O) groups is 2.